The van der Waals surface area contributed by atoms with Crippen molar-refractivity contribution < 1.29 is 9.21 Å². The Labute approximate surface area is 178 Å². The number of amidine groups is 1. The predicted molar refractivity (Wildman–Crippen MR) is 115 cm³/mol. The van der Waals surface area contributed by atoms with E-state index < -0.39 is 0 Å². The lowest BCUT2D eigenvalue weighted by Crippen LogP contribution is -2.19. The SMILES string of the molecule is O=C1NC(=Nc2ccc(Cl)c(Cl)c2)S/C1=C\c1cc(Br)c(N2CCCC2)o1. The number of furan rings is 1. The minimum Gasteiger partial charge on any atom is -0.440 e. The van der Waals surface area contributed by atoms with Gasteiger partial charge in [0, 0.05) is 25.2 Å². The van der Waals surface area contributed by atoms with Crippen molar-refractivity contribution in [2.45, 2.75) is 12.8 Å². The molecule has 2 saturated heterocycles. The van der Waals surface area contributed by atoms with Gasteiger partial charge in [0.2, 0.25) is 5.88 Å². The molecule has 0 aliphatic carbocycles. The molecule has 1 aromatic heterocycles. The summed E-state index contributed by atoms with van der Waals surface area (Å²) in [7, 11) is 0. The molecule has 2 fully saturated rings. The number of nitrogens with zero attached hydrogens (tertiary/aromatic N) is 2. The third kappa shape index (κ3) is 4.21. The summed E-state index contributed by atoms with van der Waals surface area (Å²) in [6.07, 6.45) is 4.05. The number of aliphatic imine (C=N–C) groups is 1. The van der Waals surface area contributed by atoms with Crippen molar-refractivity contribution in [2.75, 3.05) is 18.0 Å². The lowest BCUT2D eigenvalue weighted by molar-refractivity contribution is -0.115. The van der Waals surface area contributed by atoms with Crippen molar-refractivity contribution in [3.63, 3.8) is 0 Å². The van der Waals surface area contributed by atoms with Crippen LogP contribution in [0.15, 0.2) is 43.1 Å². The van der Waals surface area contributed by atoms with E-state index in [1.807, 2.05) is 6.07 Å². The van der Waals surface area contributed by atoms with E-state index in [1.54, 1.807) is 24.3 Å². The minimum atomic E-state index is -0.214. The summed E-state index contributed by atoms with van der Waals surface area (Å²) in [6, 6.07) is 6.93. The Kier molecular flexibility index (Phi) is 5.55. The van der Waals surface area contributed by atoms with Crippen LogP contribution in [0.2, 0.25) is 10.0 Å². The van der Waals surface area contributed by atoms with Crippen molar-refractivity contribution in [1.29, 1.82) is 0 Å². The maximum Gasteiger partial charge on any atom is 0.264 e. The molecule has 2 aliphatic rings. The van der Waals surface area contributed by atoms with Crippen LogP contribution in [-0.2, 0) is 4.79 Å². The van der Waals surface area contributed by atoms with Gasteiger partial charge in [-0.25, -0.2) is 4.99 Å². The molecule has 9 heteroatoms. The van der Waals surface area contributed by atoms with Gasteiger partial charge in [0.25, 0.3) is 5.91 Å². The van der Waals surface area contributed by atoms with Gasteiger partial charge < -0.3 is 14.6 Å². The maximum atomic E-state index is 12.3. The van der Waals surface area contributed by atoms with E-state index in [1.165, 1.54) is 11.8 Å². The fourth-order valence-electron chi connectivity index (χ4n) is 2.86. The van der Waals surface area contributed by atoms with E-state index in [4.69, 9.17) is 27.6 Å². The van der Waals surface area contributed by atoms with E-state index >= 15 is 0 Å². The highest BCUT2D eigenvalue weighted by atomic mass is 79.9. The van der Waals surface area contributed by atoms with Crippen LogP contribution < -0.4 is 10.2 Å². The number of carbonyl (C=O) groups is 1. The van der Waals surface area contributed by atoms with E-state index in [9.17, 15) is 4.79 Å². The first-order chi connectivity index (χ1) is 13.0. The molecule has 0 spiro atoms. The van der Waals surface area contributed by atoms with Gasteiger partial charge in [-0.3, -0.25) is 4.79 Å². The monoisotopic (exact) mass is 485 g/mol. The number of anilines is 1. The van der Waals surface area contributed by atoms with Crippen molar-refractivity contribution in [3.8, 4) is 0 Å². The van der Waals surface area contributed by atoms with Crippen LogP contribution in [0.3, 0.4) is 0 Å². The molecule has 140 valence electrons. The first-order valence-corrected chi connectivity index (χ1v) is 10.6. The number of nitrogens with one attached hydrogen (secondary N) is 1. The summed E-state index contributed by atoms with van der Waals surface area (Å²) < 4.78 is 6.82. The maximum absolute atomic E-state index is 12.3. The molecule has 3 heterocycles. The second kappa shape index (κ2) is 7.91. The predicted octanol–water partition coefficient (Wildman–Crippen LogP) is 5.84. The van der Waals surface area contributed by atoms with Crippen molar-refractivity contribution in [3.05, 3.63) is 49.4 Å². The zero-order chi connectivity index (χ0) is 19.0. The molecule has 5 nitrogen and oxygen atoms in total. The van der Waals surface area contributed by atoms with E-state index in [0.717, 1.165) is 36.3 Å². The topological polar surface area (TPSA) is 57.8 Å². The van der Waals surface area contributed by atoms with Crippen LogP contribution in [0.5, 0.6) is 0 Å². The van der Waals surface area contributed by atoms with Crippen molar-refractivity contribution >= 4 is 79.6 Å². The Morgan fingerprint density at radius 2 is 2.00 bits per heavy atom. The van der Waals surface area contributed by atoms with Gasteiger partial charge in [0.1, 0.15) is 5.76 Å². The molecule has 2 aromatic rings. The first kappa shape index (κ1) is 18.9. The molecule has 0 radical (unpaired) electrons. The Morgan fingerprint density at radius 1 is 1.22 bits per heavy atom. The first-order valence-electron chi connectivity index (χ1n) is 8.28. The zero-order valence-electron chi connectivity index (χ0n) is 14.0. The molecule has 4 rings (SSSR count). The van der Waals surface area contributed by atoms with Crippen LogP contribution in [0.1, 0.15) is 18.6 Å². The number of benzene rings is 1. The van der Waals surface area contributed by atoms with Gasteiger partial charge in [0.05, 0.1) is 25.1 Å². The highest BCUT2D eigenvalue weighted by molar-refractivity contribution is 9.10. The van der Waals surface area contributed by atoms with Crippen LogP contribution in [0.25, 0.3) is 6.08 Å². The molecule has 0 unspecified atom stereocenters. The van der Waals surface area contributed by atoms with Gasteiger partial charge in [-0.1, -0.05) is 23.2 Å². The average molecular weight is 487 g/mol. The quantitative estimate of drug-likeness (QED) is 0.553. The van der Waals surface area contributed by atoms with E-state index in [2.05, 4.69) is 31.1 Å². The van der Waals surface area contributed by atoms with Gasteiger partial charge in [-0.15, -0.1) is 0 Å². The standard InChI is InChI=1S/C18H14BrCl2N3O2S/c19-12-8-11(26-17(12)24-5-1-2-6-24)9-15-16(25)23-18(27-15)22-10-3-4-13(20)14(21)7-10/h3-4,7-9H,1-2,5-6H2,(H,22,23,25)/b15-9-. The number of thioether (sulfide) groups is 1. The van der Waals surface area contributed by atoms with Gasteiger partial charge in [-0.05, 0) is 58.7 Å². The summed E-state index contributed by atoms with van der Waals surface area (Å²) in [5.74, 6) is 1.22. The van der Waals surface area contributed by atoms with Gasteiger partial charge >= 0.3 is 0 Å². The summed E-state index contributed by atoms with van der Waals surface area (Å²) in [4.78, 5) is 19.4. The largest absolute Gasteiger partial charge is 0.440 e. The van der Waals surface area contributed by atoms with Gasteiger partial charge in [0.15, 0.2) is 5.17 Å². The molecule has 0 bridgehead atoms. The highest BCUT2D eigenvalue weighted by Crippen LogP contribution is 2.35. The van der Waals surface area contributed by atoms with E-state index in [0.29, 0.717) is 31.6 Å². The second-order valence-electron chi connectivity index (χ2n) is 6.08. The fourth-order valence-corrected chi connectivity index (χ4v) is 4.54. The number of hydrogen-bond acceptors (Lipinski definition) is 5. The Balaban J connectivity index is 1.54. The van der Waals surface area contributed by atoms with Crippen molar-refractivity contribution in [2.24, 2.45) is 4.99 Å². The fraction of sp³-hybridized carbons (Fsp3) is 0.222. The molecule has 1 aromatic carbocycles. The number of carbonyl (C=O) groups excluding carboxylic acids is 1. The number of amides is 1. The second-order valence-corrected chi connectivity index (χ2v) is 8.78. The normalized spacial score (nSPS) is 20.1. The average Bonchev–Trinajstić information content (AvgIpc) is 3.33. The van der Waals surface area contributed by atoms with E-state index in [-0.39, 0.29) is 5.91 Å². The molecular weight excluding hydrogens is 473 g/mol. The third-order valence-electron chi connectivity index (χ3n) is 4.14. The molecule has 2 aliphatic heterocycles. The van der Waals surface area contributed by atoms with Crippen LogP contribution >= 0.6 is 50.9 Å². The summed E-state index contributed by atoms with van der Waals surface area (Å²) in [6.45, 7) is 1.97. The zero-order valence-corrected chi connectivity index (χ0v) is 17.9. The van der Waals surface area contributed by atoms with Crippen molar-refractivity contribution in [1.82, 2.24) is 5.32 Å². The lowest BCUT2D eigenvalue weighted by atomic mass is 10.3. The van der Waals surface area contributed by atoms with Crippen LogP contribution in [-0.4, -0.2) is 24.2 Å². The highest BCUT2D eigenvalue weighted by Gasteiger charge is 2.25. The molecule has 1 amide bonds. The minimum absolute atomic E-state index is 0.214. The smallest absolute Gasteiger partial charge is 0.264 e. The Morgan fingerprint density at radius 3 is 2.74 bits per heavy atom. The Bertz CT molecular complexity index is 968. The van der Waals surface area contributed by atoms with Crippen LogP contribution in [0.4, 0.5) is 11.6 Å². The molecule has 27 heavy (non-hydrogen) atoms. The lowest BCUT2D eigenvalue weighted by Gasteiger charge is -2.13. The number of hydrogen-bond donors (Lipinski definition) is 1. The summed E-state index contributed by atoms with van der Waals surface area (Å²) in [5.41, 5.74) is 0.616. The molecule has 0 atom stereocenters. The molecular formula is C18H14BrCl2N3O2S. The summed E-state index contributed by atoms with van der Waals surface area (Å²) >= 11 is 16.7. The number of rotatable bonds is 3. The third-order valence-corrected chi connectivity index (χ3v) is 6.36. The van der Waals surface area contributed by atoms with Crippen LogP contribution in [0, 0.1) is 0 Å². The van der Waals surface area contributed by atoms with Gasteiger partial charge in [-0.2, -0.15) is 0 Å². The molecule has 1 N–H and O–H groups in total. The summed E-state index contributed by atoms with van der Waals surface area (Å²) in [5, 5.41) is 4.11. The Hall–Kier alpha value is -1.41. The molecule has 0 saturated carbocycles. The number of halogens is 3.